The topological polar surface area (TPSA) is 61.4 Å². The minimum Gasteiger partial charge on any atom is -0.378 e. The summed E-state index contributed by atoms with van der Waals surface area (Å²) < 4.78 is 0. The first-order chi connectivity index (χ1) is 9.69. The van der Waals surface area contributed by atoms with E-state index in [4.69, 9.17) is 0 Å². The molecule has 0 bridgehead atoms. The van der Waals surface area contributed by atoms with Crippen molar-refractivity contribution in [2.75, 3.05) is 25.5 Å². The van der Waals surface area contributed by atoms with Gasteiger partial charge in [0.1, 0.15) is 0 Å². The Labute approximate surface area is 126 Å². The summed E-state index contributed by atoms with van der Waals surface area (Å²) in [5.74, 6) is -1.18. The van der Waals surface area contributed by atoms with E-state index in [0.29, 0.717) is 13.0 Å². The first kappa shape index (κ1) is 17.0. The van der Waals surface area contributed by atoms with E-state index in [1.807, 2.05) is 64.0 Å². The van der Waals surface area contributed by atoms with Crippen molar-refractivity contribution in [1.82, 2.24) is 10.6 Å². The molecule has 0 unspecified atom stereocenters. The lowest BCUT2D eigenvalue weighted by Crippen LogP contribution is -2.48. The summed E-state index contributed by atoms with van der Waals surface area (Å²) in [5, 5.41) is 5.26. The van der Waals surface area contributed by atoms with Gasteiger partial charge in [-0.05, 0) is 44.9 Å². The Morgan fingerprint density at radius 3 is 2.10 bits per heavy atom. The Morgan fingerprint density at radius 1 is 1.05 bits per heavy atom. The molecule has 1 rings (SSSR count). The summed E-state index contributed by atoms with van der Waals surface area (Å²) in [5.41, 5.74) is 1.85. The Hall–Kier alpha value is -2.04. The third-order valence-electron chi connectivity index (χ3n) is 2.85. The van der Waals surface area contributed by atoms with Crippen LogP contribution in [0.5, 0.6) is 0 Å². The molecule has 0 spiro atoms. The van der Waals surface area contributed by atoms with Crippen LogP contribution in [0.4, 0.5) is 5.69 Å². The highest BCUT2D eigenvalue weighted by molar-refractivity contribution is 6.35. The first-order valence-electron chi connectivity index (χ1n) is 7.05. The van der Waals surface area contributed by atoms with Crippen LogP contribution in [0, 0.1) is 0 Å². The van der Waals surface area contributed by atoms with Crippen molar-refractivity contribution in [1.29, 1.82) is 0 Å². The van der Waals surface area contributed by atoms with Gasteiger partial charge in [-0.25, -0.2) is 0 Å². The summed E-state index contributed by atoms with van der Waals surface area (Å²) in [6, 6.07) is 8.11. The van der Waals surface area contributed by atoms with Gasteiger partial charge in [0.2, 0.25) is 0 Å². The second-order valence-electron chi connectivity index (χ2n) is 6.27. The number of carbonyl (C=O) groups is 2. The first-order valence-corrected chi connectivity index (χ1v) is 7.05. The van der Waals surface area contributed by atoms with Crippen LogP contribution >= 0.6 is 0 Å². The molecule has 0 fully saturated rings. The van der Waals surface area contributed by atoms with Crippen molar-refractivity contribution in [2.45, 2.75) is 32.7 Å². The van der Waals surface area contributed by atoms with Gasteiger partial charge < -0.3 is 15.5 Å². The molecule has 0 aromatic heterocycles. The second-order valence-corrected chi connectivity index (χ2v) is 6.27. The van der Waals surface area contributed by atoms with Crippen molar-refractivity contribution < 1.29 is 9.59 Å². The van der Waals surface area contributed by atoms with Crippen molar-refractivity contribution in [3.05, 3.63) is 29.8 Å². The molecule has 0 aliphatic carbocycles. The van der Waals surface area contributed by atoms with Crippen LogP contribution in [0.1, 0.15) is 26.3 Å². The fourth-order valence-electron chi connectivity index (χ4n) is 1.76. The van der Waals surface area contributed by atoms with Gasteiger partial charge in [0.25, 0.3) is 0 Å². The molecular weight excluding hydrogens is 266 g/mol. The predicted molar refractivity (Wildman–Crippen MR) is 85.4 cm³/mol. The molecule has 0 aliphatic rings. The van der Waals surface area contributed by atoms with Crippen LogP contribution in [0.25, 0.3) is 0 Å². The van der Waals surface area contributed by atoms with Gasteiger partial charge in [-0.15, -0.1) is 0 Å². The fraction of sp³-hybridized carbons (Fsp3) is 0.500. The van der Waals surface area contributed by atoms with E-state index in [0.717, 1.165) is 11.3 Å². The van der Waals surface area contributed by atoms with Gasteiger partial charge in [-0.2, -0.15) is 0 Å². The van der Waals surface area contributed by atoms with Crippen LogP contribution in [0.2, 0.25) is 0 Å². The predicted octanol–water partition coefficient (Wildman–Crippen LogP) is 1.33. The SMILES string of the molecule is CN(C)c1ccc(CCNC(=O)C(=O)NC(C)(C)C)cc1. The zero-order valence-corrected chi connectivity index (χ0v) is 13.5. The third-order valence-corrected chi connectivity index (χ3v) is 2.85. The molecule has 2 amide bonds. The van der Waals surface area contributed by atoms with Crippen molar-refractivity contribution in [3.8, 4) is 0 Å². The van der Waals surface area contributed by atoms with Crippen LogP contribution < -0.4 is 15.5 Å². The van der Waals surface area contributed by atoms with E-state index in [1.165, 1.54) is 0 Å². The van der Waals surface area contributed by atoms with Crippen LogP contribution in [-0.2, 0) is 16.0 Å². The maximum absolute atomic E-state index is 11.6. The number of carbonyl (C=O) groups excluding carboxylic acids is 2. The Bertz CT molecular complexity index is 487. The molecule has 0 saturated carbocycles. The largest absolute Gasteiger partial charge is 0.378 e. The molecule has 1 aromatic carbocycles. The normalized spacial score (nSPS) is 10.9. The minimum absolute atomic E-state index is 0.406. The molecule has 0 heterocycles. The molecule has 2 N–H and O–H groups in total. The molecule has 5 heteroatoms. The van der Waals surface area contributed by atoms with E-state index < -0.39 is 17.4 Å². The molecule has 0 aliphatic heterocycles. The molecule has 0 saturated heterocycles. The number of amides is 2. The Balaban J connectivity index is 2.39. The van der Waals surface area contributed by atoms with Crippen molar-refractivity contribution in [2.24, 2.45) is 0 Å². The fourth-order valence-corrected chi connectivity index (χ4v) is 1.76. The monoisotopic (exact) mass is 291 g/mol. The van der Waals surface area contributed by atoms with Crippen molar-refractivity contribution >= 4 is 17.5 Å². The van der Waals surface area contributed by atoms with E-state index in [9.17, 15) is 9.59 Å². The molecular formula is C16H25N3O2. The standard InChI is InChI=1S/C16H25N3O2/c1-16(2,3)18-15(21)14(20)17-11-10-12-6-8-13(9-7-12)19(4)5/h6-9H,10-11H2,1-5H3,(H,17,20)(H,18,21). The molecule has 5 nitrogen and oxygen atoms in total. The zero-order valence-electron chi connectivity index (χ0n) is 13.5. The van der Waals surface area contributed by atoms with E-state index in [2.05, 4.69) is 10.6 Å². The number of hydrogen-bond acceptors (Lipinski definition) is 3. The van der Waals surface area contributed by atoms with Gasteiger partial charge >= 0.3 is 11.8 Å². The molecule has 0 radical (unpaired) electrons. The van der Waals surface area contributed by atoms with Gasteiger partial charge in [0.05, 0.1) is 0 Å². The lowest BCUT2D eigenvalue weighted by Gasteiger charge is -2.19. The van der Waals surface area contributed by atoms with Gasteiger partial charge in [0.15, 0.2) is 0 Å². The maximum Gasteiger partial charge on any atom is 0.309 e. The summed E-state index contributed by atoms with van der Waals surface area (Å²) >= 11 is 0. The van der Waals surface area contributed by atoms with Crippen molar-refractivity contribution in [3.63, 3.8) is 0 Å². The second kappa shape index (κ2) is 7.11. The average Bonchev–Trinajstić information content (AvgIpc) is 2.37. The van der Waals surface area contributed by atoms with Crippen LogP contribution in [0.15, 0.2) is 24.3 Å². The highest BCUT2D eigenvalue weighted by atomic mass is 16.2. The number of rotatable bonds is 4. The minimum atomic E-state index is -0.592. The highest BCUT2D eigenvalue weighted by Gasteiger charge is 2.19. The van der Waals surface area contributed by atoms with E-state index in [1.54, 1.807) is 0 Å². The van der Waals surface area contributed by atoms with Gasteiger partial charge in [-0.3, -0.25) is 9.59 Å². The van der Waals surface area contributed by atoms with E-state index >= 15 is 0 Å². The summed E-state index contributed by atoms with van der Waals surface area (Å²) in [7, 11) is 3.98. The lowest BCUT2D eigenvalue weighted by molar-refractivity contribution is -0.140. The third kappa shape index (κ3) is 6.29. The molecule has 1 aromatic rings. The molecule has 21 heavy (non-hydrogen) atoms. The maximum atomic E-state index is 11.6. The number of hydrogen-bond donors (Lipinski definition) is 2. The Morgan fingerprint density at radius 2 is 1.62 bits per heavy atom. The number of anilines is 1. The summed E-state index contributed by atoms with van der Waals surface area (Å²) in [6.45, 7) is 5.96. The Kier molecular flexibility index (Phi) is 5.76. The number of nitrogens with zero attached hydrogens (tertiary/aromatic N) is 1. The summed E-state index contributed by atoms with van der Waals surface area (Å²) in [6.07, 6.45) is 0.697. The molecule has 0 atom stereocenters. The smallest absolute Gasteiger partial charge is 0.309 e. The number of nitrogens with one attached hydrogen (secondary N) is 2. The zero-order chi connectivity index (χ0) is 16.0. The molecule has 116 valence electrons. The van der Waals surface area contributed by atoms with Gasteiger partial charge in [0, 0.05) is 31.9 Å². The van der Waals surface area contributed by atoms with Gasteiger partial charge in [-0.1, -0.05) is 12.1 Å². The average molecular weight is 291 g/mol. The number of benzene rings is 1. The quantitative estimate of drug-likeness (QED) is 0.823. The lowest BCUT2D eigenvalue weighted by atomic mass is 10.1. The van der Waals surface area contributed by atoms with Crippen LogP contribution in [0.3, 0.4) is 0 Å². The highest BCUT2D eigenvalue weighted by Crippen LogP contribution is 2.12. The van der Waals surface area contributed by atoms with E-state index in [-0.39, 0.29) is 0 Å². The van der Waals surface area contributed by atoms with Crippen LogP contribution in [-0.4, -0.2) is 38.0 Å². The summed E-state index contributed by atoms with van der Waals surface area (Å²) in [4.78, 5) is 25.2.